The highest BCUT2D eigenvalue weighted by Crippen LogP contribution is 2.05. The van der Waals surface area contributed by atoms with Gasteiger partial charge in [-0.3, -0.25) is 0 Å². The van der Waals surface area contributed by atoms with Crippen LogP contribution in [0.5, 0.6) is 0 Å². The molecular formula is C10H20O3Si. The Kier molecular flexibility index (Phi) is 7.42. The molecule has 0 aliphatic heterocycles. The zero-order valence-electron chi connectivity index (χ0n) is 9.34. The highest BCUT2D eigenvalue weighted by atomic mass is 28.2. The Morgan fingerprint density at radius 3 is 2.64 bits per heavy atom. The van der Waals surface area contributed by atoms with Crippen molar-refractivity contribution in [1.82, 2.24) is 0 Å². The molecular weight excluding hydrogens is 196 g/mol. The fourth-order valence-corrected chi connectivity index (χ4v) is 1.66. The second-order valence-corrected chi connectivity index (χ2v) is 3.80. The number of hydrogen-bond donors (Lipinski definition) is 0. The maximum absolute atomic E-state index is 11.0. The summed E-state index contributed by atoms with van der Waals surface area (Å²) in [7, 11) is 0.772. The largest absolute Gasteiger partial charge is 0.462 e. The van der Waals surface area contributed by atoms with E-state index in [4.69, 9.17) is 9.16 Å². The third kappa shape index (κ3) is 5.94. The van der Waals surface area contributed by atoms with Gasteiger partial charge in [0.1, 0.15) is 10.5 Å². The fourth-order valence-electron chi connectivity index (χ4n) is 1.09. The molecule has 0 aliphatic carbocycles. The normalized spacial score (nSPS) is 12.4. The summed E-state index contributed by atoms with van der Waals surface area (Å²) in [5.41, 5.74) is 0.455. The van der Waals surface area contributed by atoms with E-state index in [1.165, 1.54) is 0 Å². The van der Waals surface area contributed by atoms with Crippen LogP contribution < -0.4 is 0 Å². The van der Waals surface area contributed by atoms with Crippen LogP contribution in [-0.4, -0.2) is 29.2 Å². The molecule has 0 bridgehead atoms. The summed E-state index contributed by atoms with van der Waals surface area (Å²) >= 11 is 0. The van der Waals surface area contributed by atoms with Gasteiger partial charge in [-0.2, -0.15) is 0 Å². The van der Waals surface area contributed by atoms with Gasteiger partial charge >= 0.3 is 5.97 Å². The van der Waals surface area contributed by atoms with Crippen LogP contribution in [0.1, 0.15) is 33.1 Å². The predicted molar refractivity (Wildman–Crippen MR) is 60.1 cm³/mol. The molecule has 0 saturated carbocycles. The lowest BCUT2D eigenvalue weighted by molar-refractivity contribution is -0.139. The number of hydrogen-bond acceptors (Lipinski definition) is 3. The molecule has 0 heterocycles. The van der Waals surface area contributed by atoms with Crippen LogP contribution in [0.4, 0.5) is 0 Å². The SMILES string of the molecule is C=C(C)C(=O)OCCCC(CC)O[SiH3]. The average molecular weight is 216 g/mol. The van der Waals surface area contributed by atoms with Crippen LogP contribution in [0.15, 0.2) is 12.2 Å². The molecule has 1 atom stereocenters. The Morgan fingerprint density at radius 2 is 2.21 bits per heavy atom. The molecule has 4 heteroatoms. The molecule has 1 unspecified atom stereocenters. The lowest BCUT2D eigenvalue weighted by Crippen LogP contribution is -2.12. The van der Waals surface area contributed by atoms with Gasteiger partial charge in [0.25, 0.3) is 0 Å². The van der Waals surface area contributed by atoms with Gasteiger partial charge < -0.3 is 9.16 Å². The third-order valence-electron chi connectivity index (χ3n) is 2.04. The highest BCUT2D eigenvalue weighted by molar-refractivity contribution is 5.98. The molecule has 82 valence electrons. The van der Waals surface area contributed by atoms with E-state index in [2.05, 4.69) is 13.5 Å². The van der Waals surface area contributed by atoms with Crippen molar-refractivity contribution in [2.75, 3.05) is 6.61 Å². The van der Waals surface area contributed by atoms with Crippen molar-refractivity contribution in [3.8, 4) is 0 Å². The van der Waals surface area contributed by atoms with Crippen molar-refractivity contribution >= 4 is 16.5 Å². The minimum Gasteiger partial charge on any atom is -0.462 e. The lowest BCUT2D eigenvalue weighted by atomic mass is 10.1. The summed E-state index contributed by atoms with van der Waals surface area (Å²) in [6.45, 7) is 7.72. The molecule has 0 aliphatic rings. The molecule has 0 aromatic carbocycles. The maximum Gasteiger partial charge on any atom is 0.333 e. The Hall–Kier alpha value is -0.613. The van der Waals surface area contributed by atoms with E-state index in [1.807, 2.05) is 0 Å². The van der Waals surface area contributed by atoms with Gasteiger partial charge in [-0.1, -0.05) is 13.5 Å². The molecule has 3 nitrogen and oxygen atoms in total. The van der Waals surface area contributed by atoms with Crippen LogP contribution in [0.2, 0.25) is 0 Å². The lowest BCUT2D eigenvalue weighted by Gasteiger charge is -2.13. The van der Waals surface area contributed by atoms with E-state index in [0.717, 1.165) is 29.7 Å². The standard InChI is InChI=1S/C10H20O3Si/c1-4-9(13-14)6-5-7-12-10(11)8(2)3/h9H,2,4-7H2,1,3,14H3. The van der Waals surface area contributed by atoms with Crippen molar-refractivity contribution in [3.63, 3.8) is 0 Å². The van der Waals surface area contributed by atoms with Gasteiger partial charge in [-0.25, -0.2) is 4.79 Å². The number of esters is 1. The van der Waals surface area contributed by atoms with E-state index < -0.39 is 0 Å². The predicted octanol–water partition coefficient (Wildman–Crippen LogP) is 0.961. The van der Waals surface area contributed by atoms with E-state index in [-0.39, 0.29) is 5.97 Å². The minimum atomic E-state index is -0.301. The smallest absolute Gasteiger partial charge is 0.333 e. The first-order valence-corrected chi connectivity index (χ1v) is 5.78. The van der Waals surface area contributed by atoms with Gasteiger partial charge in [0.15, 0.2) is 0 Å². The summed E-state index contributed by atoms with van der Waals surface area (Å²) in [5, 5.41) is 0. The monoisotopic (exact) mass is 216 g/mol. The van der Waals surface area contributed by atoms with Gasteiger partial charge in [0, 0.05) is 11.7 Å². The van der Waals surface area contributed by atoms with Crippen LogP contribution in [0, 0.1) is 0 Å². The second kappa shape index (κ2) is 7.76. The Bertz CT molecular complexity index is 188. The first-order chi connectivity index (χ1) is 6.61. The van der Waals surface area contributed by atoms with Gasteiger partial charge in [-0.15, -0.1) is 0 Å². The van der Waals surface area contributed by atoms with Crippen molar-refractivity contribution in [1.29, 1.82) is 0 Å². The van der Waals surface area contributed by atoms with Crippen molar-refractivity contribution in [2.24, 2.45) is 0 Å². The van der Waals surface area contributed by atoms with Crippen LogP contribution in [0.3, 0.4) is 0 Å². The molecule has 0 radical (unpaired) electrons. The Balaban J connectivity index is 3.46. The molecule has 0 aromatic rings. The Morgan fingerprint density at radius 1 is 1.57 bits per heavy atom. The highest BCUT2D eigenvalue weighted by Gasteiger charge is 2.05. The summed E-state index contributed by atoms with van der Waals surface area (Å²) in [6, 6.07) is 0. The van der Waals surface area contributed by atoms with E-state index >= 15 is 0 Å². The molecule has 0 spiro atoms. The quantitative estimate of drug-likeness (QED) is 0.275. The number of rotatable bonds is 7. The van der Waals surface area contributed by atoms with E-state index in [9.17, 15) is 4.79 Å². The molecule has 0 amide bonds. The van der Waals surface area contributed by atoms with Gasteiger partial charge in [-0.05, 0) is 26.2 Å². The van der Waals surface area contributed by atoms with Crippen molar-refractivity contribution < 1.29 is 14.0 Å². The van der Waals surface area contributed by atoms with Crippen LogP contribution >= 0.6 is 0 Å². The van der Waals surface area contributed by atoms with Crippen LogP contribution in [0.25, 0.3) is 0 Å². The Labute approximate surface area is 89.0 Å². The number of ether oxygens (including phenoxy) is 1. The van der Waals surface area contributed by atoms with Gasteiger partial charge in [0.05, 0.1) is 6.61 Å². The molecule has 14 heavy (non-hydrogen) atoms. The molecule has 0 fully saturated rings. The summed E-state index contributed by atoms with van der Waals surface area (Å²) < 4.78 is 10.3. The number of carbonyl (C=O) groups is 1. The van der Waals surface area contributed by atoms with Crippen LogP contribution in [-0.2, 0) is 14.0 Å². The van der Waals surface area contributed by atoms with Crippen molar-refractivity contribution in [2.45, 2.75) is 39.2 Å². The average Bonchev–Trinajstić information content (AvgIpc) is 2.17. The molecule has 0 rings (SSSR count). The first-order valence-electron chi connectivity index (χ1n) is 4.97. The minimum absolute atomic E-state index is 0.301. The summed E-state index contributed by atoms with van der Waals surface area (Å²) in [6.07, 6.45) is 3.19. The number of carbonyl (C=O) groups excluding carboxylic acids is 1. The molecule has 0 aromatic heterocycles. The second-order valence-electron chi connectivity index (χ2n) is 3.32. The van der Waals surface area contributed by atoms with Crippen molar-refractivity contribution in [3.05, 3.63) is 12.2 Å². The molecule has 0 saturated heterocycles. The van der Waals surface area contributed by atoms with Gasteiger partial charge in [0.2, 0.25) is 0 Å². The summed E-state index contributed by atoms with van der Waals surface area (Å²) in [5.74, 6) is -0.301. The van der Waals surface area contributed by atoms with E-state index in [0.29, 0.717) is 18.3 Å². The third-order valence-corrected chi connectivity index (χ3v) is 2.71. The maximum atomic E-state index is 11.0. The zero-order valence-corrected chi connectivity index (χ0v) is 11.3. The first kappa shape index (κ1) is 13.4. The zero-order chi connectivity index (χ0) is 11.0. The molecule has 0 N–H and O–H groups in total. The summed E-state index contributed by atoms with van der Waals surface area (Å²) in [4.78, 5) is 11.0. The fraction of sp³-hybridized carbons (Fsp3) is 0.700. The van der Waals surface area contributed by atoms with E-state index in [1.54, 1.807) is 6.92 Å². The topological polar surface area (TPSA) is 35.5 Å².